The van der Waals surface area contributed by atoms with Crippen LogP contribution in [0.25, 0.3) is 93.2 Å². The lowest BCUT2D eigenvalue weighted by Gasteiger charge is -2.26. The summed E-state index contributed by atoms with van der Waals surface area (Å²) in [6.07, 6.45) is 0. The summed E-state index contributed by atoms with van der Waals surface area (Å²) in [7, 11) is 0. The molecule has 0 amide bonds. The molecule has 10 aromatic carbocycles. The topological polar surface area (TPSA) is 21.3 Å². The van der Waals surface area contributed by atoms with Crippen molar-refractivity contribution in [3.63, 3.8) is 0 Å². The number of hydrogen-bond donors (Lipinski definition) is 0. The molecule has 3 heteroatoms. The molecule has 12 aromatic rings. The highest BCUT2D eigenvalue weighted by Crippen LogP contribution is 2.44. The normalized spacial score (nSPS) is 16.0. The molecular formula is C56H36N2O. The third-order valence-corrected chi connectivity index (χ3v) is 10.7. The van der Waals surface area contributed by atoms with Gasteiger partial charge in [0.1, 0.15) is 11.2 Å². The number of hydrogen-bond acceptors (Lipinski definition) is 2. The number of aromatic nitrogens is 1. The van der Waals surface area contributed by atoms with Crippen molar-refractivity contribution in [3.05, 3.63) is 218 Å². The minimum atomic E-state index is -0.892. The van der Waals surface area contributed by atoms with Crippen LogP contribution < -0.4 is 4.90 Å². The van der Waals surface area contributed by atoms with Gasteiger partial charge in [-0.15, -0.1) is 0 Å². The van der Waals surface area contributed by atoms with E-state index < -0.39 is 153 Å². The predicted molar refractivity (Wildman–Crippen MR) is 249 cm³/mol. The summed E-state index contributed by atoms with van der Waals surface area (Å²) in [6.45, 7) is 0. The standard InChI is InChI=1S/C56H36N2O/c1-2-15-40(16-3-1)57(41-30-26-37(27-31-41)50-34-39-14-4-5-17-44(39)45-18-6-7-19-46(45)50)43-35-51(56-52(36-43)49-22-10-13-25-55(49)59-56)38-28-32-42(33-29-38)58-53-23-11-8-20-47(53)48-21-9-12-24-54(48)58/h1-36H/i1D,2D,3D,4D,5D,6D,7D,14D,15D,16D,17D,18D,19D,26D,27D,30D,31D,34D. The lowest BCUT2D eigenvalue weighted by molar-refractivity contribution is 0.670. The van der Waals surface area contributed by atoms with Crippen LogP contribution in [-0.2, 0) is 0 Å². The van der Waals surface area contributed by atoms with E-state index in [9.17, 15) is 9.60 Å². The molecule has 2 aromatic heterocycles. The van der Waals surface area contributed by atoms with Gasteiger partial charge in [-0.25, -0.2) is 0 Å². The lowest BCUT2D eigenvalue weighted by Crippen LogP contribution is -2.10. The molecular weight excluding hydrogens is 717 g/mol. The number of fused-ring (bicyclic) bond motifs is 9. The van der Waals surface area contributed by atoms with Crippen LogP contribution >= 0.6 is 0 Å². The molecule has 0 fully saturated rings. The summed E-state index contributed by atoms with van der Waals surface area (Å²) in [5, 5.41) is 1.36. The molecule has 0 unspecified atom stereocenters. The van der Waals surface area contributed by atoms with Crippen LogP contribution in [0, 0.1) is 0 Å². The highest BCUT2D eigenvalue weighted by atomic mass is 16.3. The van der Waals surface area contributed by atoms with Gasteiger partial charge in [-0.2, -0.15) is 0 Å². The van der Waals surface area contributed by atoms with E-state index in [1.54, 1.807) is 36.4 Å². The number of nitrogens with zero attached hydrogens (tertiary/aromatic N) is 2. The molecule has 0 aliphatic heterocycles. The summed E-state index contributed by atoms with van der Waals surface area (Å²) in [5.41, 5.74) is 2.30. The molecule has 276 valence electrons. The fourth-order valence-electron chi connectivity index (χ4n) is 8.07. The van der Waals surface area contributed by atoms with E-state index in [-0.39, 0.29) is 5.69 Å². The van der Waals surface area contributed by atoms with Gasteiger partial charge in [-0.3, -0.25) is 0 Å². The summed E-state index contributed by atoms with van der Waals surface area (Å²) in [4.78, 5) is 1.06. The Labute approximate surface area is 366 Å². The van der Waals surface area contributed by atoms with Crippen LogP contribution in [0.2, 0.25) is 0 Å². The van der Waals surface area contributed by atoms with Crippen LogP contribution in [0.15, 0.2) is 222 Å². The summed E-state index contributed by atoms with van der Waals surface area (Å²) in [5.74, 6) is 0. The smallest absolute Gasteiger partial charge is 0.143 e. The van der Waals surface area contributed by atoms with Crippen LogP contribution in [0.4, 0.5) is 17.1 Å². The zero-order chi connectivity index (χ0) is 54.5. The first kappa shape index (κ1) is 20.0. The third kappa shape index (κ3) is 5.36. The second-order valence-electron chi connectivity index (χ2n) is 13.9. The Hall–Kier alpha value is -7.88. The molecule has 0 aliphatic carbocycles. The number of para-hydroxylation sites is 4. The number of rotatable bonds is 6. The third-order valence-electron chi connectivity index (χ3n) is 10.7. The molecule has 0 aliphatic rings. The van der Waals surface area contributed by atoms with Crippen molar-refractivity contribution >= 4 is 82.4 Å². The fraction of sp³-hybridized carbons (Fsp3) is 0. The second kappa shape index (κ2) is 13.4. The first-order valence-corrected chi connectivity index (χ1v) is 18.7. The highest BCUT2D eigenvalue weighted by Gasteiger charge is 2.21. The van der Waals surface area contributed by atoms with Crippen LogP contribution in [0.1, 0.15) is 24.7 Å². The Morgan fingerprint density at radius 2 is 1.03 bits per heavy atom. The minimum absolute atomic E-state index is 0.0139. The number of anilines is 3. The molecule has 0 N–H and O–H groups in total. The van der Waals surface area contributed by atoms with Gasteiger partial charge in [0.05, 0.1) is 35.7 Å². The van der Waals surface area contributed by atoms with E-state index in [2.05, 4.69) is 16.7 Å². The van der Waals surface area contributed by atoms with Crippen molar-refractivity contribution in [2.24, 2.45) is 0 Å². The van der Waals surface area contributed by atoms with Crippen molar-refractivity contribution in [1.29, 1.82) is 0 Å². The molecule has 59 heavy (non-hydrogen) atoms. The zero-order valence-corrected chi connectivity index (χ0v) is 30.7. The van der Waals surface area contributed by atoms with Crippen LogP contribution in [0.3, 0.4) is 0 Å². The molecule has 0 radical (unpaired) electrons. The Morgan fingerprint density at radius 3 is 1.78 bits per heavy atom. The van der Waals surface area contributed by atoms with Crippen molar-refractivity contribution in [3.8, 4) is 27.9 Å². The molecule has 0 bridgehead atoms. The van der Waals surface area contributed by atoms with Crippen molar-refractivity contribution < 1.29 is 29.1 Å². The average Bonchev–Trinajstić information content (AvgIpc) is 4.01. The van der Waals surface area contributed by atoms with Crippen molar-refractivity contribution in [2.45, 2.75) is 0 Å². The van der Waals surface area contributed by atoms with E-state index in [0.717, 1.165) is 32.4 Å². The van der Waals surface area contributed by atoms with E-state index >= 15 is 0 Å². The molecule has 0 saturated carbocycles. The maximum absolute atomic E-state index is 9.84. The Morgan fingerprint density at radius 1 is 0.424 bits per heavy atom. The monoisotopic (exact) mass is 770 g/mol. The SMILES string of the molecule is [2H]c1c([2H])c([2H])c(N(c2cc(-c3ccc(-n4c5ccccc5c5ccccc54)cc3)c3oc4ccccc4c3c2)c2c([2H])c([2H])c(-c3c([2H])c4c([2H])c([2H])c([2H])c([2H])c4c4c([2H])c([2H])c([2H])c([2H])c34)c([2H])c2[2H])c([2H])c1[2H]. The van der Waals surface area contributed by atoms with Gasteiger partial charge in [-0.05, 0) is 111 Å². The van der Waals surface area contributed by atoms with Gasteiger partial charge >= 0.3 is 0 Å². The average molecular weight is 771 g/mol. The highest BCUT2D eigenvalue weighted by molar-refractivity contribution is 6.14. The first-order valence-electron chi connectivity index (χ1n) is 27.7. The van der Waals surface area contributed by atoms with E-state index in [1.807, 2.05) is 60.7 Å². The fourth-order valence-corrected chi connectivity index (χ4v) is 8.07. The van der Waals surface area contributed by atoms with Gasteiger partial charge < -0.3 is 13.9 Å². The van der Waals surface area contributed by atoms with E-state index in [4.69, 9.17) is 19.5 Å². The molecule has 0 saturated heterocycles. The van der Waals surface area contributed by atoms with Gasteiger partial charge in [-0.1, -0.05) is 145 Å². The summed E-state index contributed by atoms with van der Waals surface area (Å²) < 4.78 is 172. The van der Waals surface area contributed by atoms with Crippen molar-refractivity contribution in [1.82, 2.24) is 4.57 Å². The summed E-state index contributed by atoms with van der Waals surface area (Å²) >= 11 is 0. The maximum Gasteiger partial charge on any atom is 0.143 e. The van der Waals surface area contributed by atoms with Gasteiger partial charge in [0.15, 0.2) is 0 Å². The molecule has 2 heterocycles. The Kier molecular flexibility index (Phi) is 4.53. The summed E-state index contributed by atoms with van der Waals surface area (Å²) in [6, 6.07) is 19.9. The molecule has 0 atom stereocenters. The number of benzene rings is 10. The van der Waals surface area contributed by atoms with Gasteiger partial charge in [0.2, 0.25) is 0 Å². The van der Waals surface area contributed by atoms with Gasteiger partial charge in [0.25, 0.3) is 0 Å². The van der Waals surface area contributed by atoms with Gasteiger partial charge in [0, 0.05) is 49.9 Å². The number of furan rings is 1. The first-order chi connectivity index (χ1) is 36.8. The minimum Gasteiger partial charge on any atom is -0.455 e. The second-order valence-corrected chi connectivity index (χ2v) is 13.9. The van der Waals surface area contributed by atoms with E-state index in [1.165, 1.54) is 0 Å². The predicted octanol–water partition coefficient (Wildman–Crippen LogP) is 15.8. The lowest BCUT2D eigenvalue weighted by atomic mass is 9.93. The molecule has 0 spiro atoms. The van der Waals surface area contributed by atoms with Crippen LogP contribution in [0.5, 0.6) is 0 Å². The molecule has 12 rings (SSSR count). The Balaban J connectivity index is 1.16. The zero-order valence-electron chi connectivity index (χ0n) is 48.7. The van der Waals surface area contributed by atoms with Crippen molar-refractivity contribution in [2.75, 3.05) is 4.90 Å². The Bertz CT molecular complexity index is 4510. The van der Waals surface area contributed by atoms with Crippen LogP contribution in [-0.4, -0.2) is 4.57 Å². The molecule has 3 nitrogen and oxygen atoms in total. The maximum atomic E-state index is 9.84. The quantitative estimate of drug-likeness (QED) is 0.157. The van der Waals surface area contributed by atoms with E-state index in [0.29, 0.717) is 33.1 Å². The largest absolute Gasteiger partial charge is 0.455 e.